The van der Waals surface area contributed by atoms with Gasteiger partial charge in [0.15, 0.2) is 0 Å². The first-order valence-electron chi connectivity index (χ1n) is 7.06. The van der Waals surface area contributed by atoms with E-state index >= 15 is 0 Å². The summed E-state index contributed by atoms with van der Waals surface area (Å²) < 4.78 is 10.4. The summed E-state index contributed by atoms with van der Waals surface area (Å²) in [4.78, 5) is 22.2. The predicted molar refractivity (Wildman–Crippen MR) is 83.5 cm³/mol. The van der Waals surface area contributed by atoms with Gasteiger partial charge in [0, 0.05) is 0 Å². The van der Waals surface area contributed by atoms with Crippen molar-refractivity contribution in [2.45, 2.75) is 6.61 Å². The second kappa shape index (κ2) is 8.43. The van der Waals surface area contributed by atoms with Crippen molar-refractivity contribution < 1.29 is 24.2 Å². The van der Waals surface area contributed by atoms with E-state index in [0.29, 0.717) is 5.75 Å². The molecule has 2 aromatic carbocycles. The molecule has 0 aromatic heterocycles. The average molecular weight is 315 g/mol. The van der Waals surface area contributed by atoms with Crippen LogP contribution in [-0.4, -0.2) is 30.3 Å². The first-order valence-corrected chi connectivity index (χ1v) is 7.06. The Hall–Kier alpha value is -3.02. The van der Waals surface area contributed by atoms with Crippen molar-refractivity contribution in [3.8, 4) is 5.75 Å². The third-order valence-electron chi connectivity index (χ3n) is 2.95. The number of carbonyl (C=O) groups excluding carboxylic acids is 1. The van der Waals surface area contributed by atoms with Crippen LogP contribution in [0.15, 0.2) is 54.6 Å². The monoisotopic (exact) mass is 315 g/mol. The molecular formula is C17H17NO5. The molecule has 0 radical (unpaired) electrons. The van der Waals surface area contributed by atoms with Crippen molar-refractivity contribution in [1.82, 2.24) is 5.32 Å². The van der Waals surface area contributed by atoms with Crippen molar-refractivity contribution in [2.75, 3.05) is 13.2 Å². The second-order valence-electron chi connectivity index (χ2n) is 4.67. The summed E-state index contributed by atoms with van der Waals surface area (Å²) in [7, 11) is 0. The molecule has 0 spiro atoms. The molecule has 0 unspecified atom stereocenters. The highest BCUT2D eigenvalue weighted by Gasteiger charge is 2.04. The van der Waals surface area contributed by atoms with Crippen LogP contribution in [0.5, 0.6) is 5.75 Å². The summed E-state index contributed by atoms with van der Waals surface area (Å²) in [6, 6.07) is 15.4. The zero-order chi connectivity index (χ0) is 16.5. The molecule has 0 aliphatic heterocycles. The third kappa shape index (κ3) is 5.70. The van der Waals surface area contributed by atoms with Gasteiger partial charge >= 0.3 is 12.1 Å². The van der Waals surface area contributed by atoms with Crippen molar-refractivity contribution in [1.29, 1.82) is 0 Å². The van der Waals surface area contributed by atoms with Gasteiger partial charge in [0.05, 0.1) is 12.1 Å². The average Bonchev–Trinajstić information content (AvgIpc) is 2.58. The van der Waals surface area contributed by atoms with E-state index < -0.39 is 12.1 Å². The molecule has 0 saturated heterocycles. The van der Waals surface area contributed by atoms with Crippen LogP contribution in [0.2, 0.25) is 0 Å². The first kappa shape index (κ1) is 16.4. The van der Waals surface area contributed by atoms with Crippen molar-refractivity contribution in [2.24, 2.45) is 0 Å². The number of carbonyl (C=O) groups is 2. The zero-order valence-electron chi connectivity index (χ0n) is 12.4. The molecular weight excluding hydrogens is 298 g/mol. The molecule has 0 fully saturated rings. The van der Waals surface area contributed by atoms with Gasteiger partial charge in [-0.15, -0.1) is 0 Å². The van der Waals surface area contributed by atoms with E-state index in [-0.39, 0.29) is 25.3 Å². The van der Waals surface area contributed by atoms with E-state index in [1.165, 1.54) is 12.1 Å². The Morgan fingerprint density at radius 1 is 1.00 bits per heavy atom. The van der Waals surface area contributed by atoms with Gasteiger partial charge in [-0.05, 0) is 29.8 Å². The van der Waals surface area contributed by atoms with Gasteiger partial charge < -0.3 is 19.9 Å². The fourth-order valence-corrected chi connectivity index (χ4v) is 1.79. The van der Waals surface area contributed by atoms with Gasteiger partial charge in [0.1, 0.15) is 19.0 Å². The number of ether oxygens (including phenoxy) is 2. The number of alkyl carbamates (subject to hydrolysis) is 1. The molecule has 0 aliphatic carbocycles. The van der Waals surface area contributed by atoms with E-state index in [4.69, 9.17) is 14.6 Å². The number of rotatable bonds is 7. The quantitative estimate of drug-likeness (QED) is 0.767. The maximum atomic E-state index is 11.5. The summed E-state index contributed by atoms with van der Waals surface area (Å²) in [5, 5.41) is 11.4. The van der Waals surface area contributed by atoms with Crippen LogP contribution in [0, 0.1) is 0 Å². The molecule has 0 bridgehead atoms. The van der Waals surface area contributed by atoms with Gasteiger partial charge in [-0.3, -0.25) is 0 Å². The maximum absolute atomic E-state index is 11.5. The minimum Gasteiger partial charge on any atom is -0.492 e. The van der Waals surface area contributed by atoms with Gasteiger partial charge in [-0.25, -0.2) is 9.59 Å². The molecule has 2 aromatic rings. The van der Waals surface area contributed by atoms with E-state index in [1.807, 2.05) is 30.3 Å². The number of carboxylic acid groups (broad SMARTS) is 1. The van der Waals surface area contributed by atoms with Crippen LogP contribution >= 0.6 is 0 Å². The SMILES string of the molecule is O=C(NCCOc1ccc(C(=O)O)cc1)OCc1ccccc1. The number of benzene rings is 2. The highest BCUT2D eigenvalue weighted by molar-refractivity contribution is 5.87. The predicted octanol–water partition coefficient (Wildman–Crippen LogP) is 2.69. The first-order chi connectivity index (χ1) is 11.1. The third-order valence-corrected chi connectivity index (χ3v) is 2.95. The molecule has 2 rings (SSSR count). The van der Waals surface area contributed by atoms with Crippen molar-refractivity contribution in [3.63, 3.8) is 0 Å². The van der Waals surface area contributed by atoms with Crippen LogP contribution in [-0.2, 0) is 11.3 Å². The van der Waals surface area contributed by atoms with Crippen molar-refractivity contribution in [3.05, 3.63) is 65.7 Å². The van der Waals surface area contributed by atoms with Crippen LogP contribution in [0.3, 0.4) is 0 Å². The Morgan fingerprint density at radius 3 is 2.35 bits per heavy atom. The fourth-order valence-electron chi connectivity index (χ4n) is 1.79. The summed E-state index contributed by atoms with van der Waals surface area (Å²) in [6.45, 7) is 0.755. The summed E-state index contributed by atoms with van der Waals surface area (Å²) in [6.07, 6.45) is -0.515. The lowest BCUT2D eigenvalue weighted by atomic mass is 10.2. The molecule has 0 heterocycles. The van der Waals surface area contributed by atoms with Gasteiger partial charge in [-0.2, -0.15) is 0 Å². The minimum absolute atomic E-state index is 0.194. The van der Waals surface area contributed by atoms with E-state index in [1.54, 1.807) is 12.1 Å². The molecule has 1 amide bonds. The number of hydrogen-bond acceptors (Lipinski definition) is 4. The Bertz CT molecular complexity index is 640. The summed E-state index contributed by atoms with van der Waals surface area (Å²) >= 11 is 0. The zero-order valence-corrected chi connectivity index (χ0v) is 12.4. The lowest BCUT2D eigenvalue weighted by Crippen LogP contribution is -2.28. The maximum Gasteiger partial charge on any atom is 0.407 e. The largest absolute Gasteiger partial charge is 0.492 e. The molecule has 6 nitrogen and oxygen atoms in total. The molecule has 2 N–H and O–H groups in total. The van der Waals surface area contributed by atoms with Crippen molar-refractivity contribution >= 4 is 12.1 Å². The van der Waals surface area contributed by atoms with Gasteiger partial charge in [0.25, 0.3) is 0 Å². The molecule has 0 saturated carbocycles. The van der Waals surface area contributed by atoms with Crippen LogP contribution in [0.25, 0.3) is 0 Å². The number of amides is 1. The van der Waals surface area contributed by atoms with Crippen LogP contribution < -0.4 is 10.1 Å². The standard InChI is InChI=1S/C17H17NO5/c19-16(20)14-6-8-15(9-7-14)22-11-10-18-17(21)23-12-13-4-2-1-3-5-13/h1-9H,10-12H2,(H,18,21)(H,19,20). The van der Waals surface area contributed by atoms with E-state index in [9.17, 15) is 9.59 Å². The molecule has 0 atom stereocenters. The van der Waals surface area contributed by atoms with Crippen LogP contribution in [0.1, 0.15) is 15.9 Å². The Kier molecular flexibility index (Phi) is 5.99. The topological polar surface area (TPSA) is 84.9 Å². The smallest absolute Gasteiger partial charge is 0.407 e. The second-order valence-corrected chi connectivity index (χ2v) is 4.67. The summed E-state index contributed by atoms with van der Waals surface area (Å²) in [5.41, 5.74) is 1.11. The van der Waals surface area contributed by atoms with Gasteiger partial charge in [0.2, 0.25) is 0 Å². The molecule has 6 heteroatoms. The van der Waals surface area contributed by atoms with Crippen LogP contribution in [0.4, 0.5) is 4.79 Å². The number of carboxylic acids is 1. The number of aromatic carboxylic acids is 1. The minimum atomic E-state index is -0.987. The lowest BCUT2D eigenvalue weighted by Gasteiger charge is -2.09. The Morgan fingerprint density at radius 2 is 1.70 bits per heavy atom. The summed E-state index contributed by atoms with van der Waals surface area (Å²) in [5.74, 6) is -0.450. The molecule has 120 valence electrons. The highest BCUT2D eigenvalue weighted by Crippen LogP contribution is 2.11. The van der Waals surface area contributed by atoms with E-state index in [2.05, 4.69) is 5.32 Å². The normalized spacial score (nSPS) is 9.91. The fraction of sp³-hybridized carbons (Fsp3) is 0.176. The van der Waals surface area contributed by atoms with Gasteiger partial charge in [-0.1, -0.05) is 30.3 Å². The lowest BCUT2D eigenvalue weighted by molar-refractivity contribution is 0.0696. The molecule has 0 aliphatic rings. The van der Waals surface area contributed by atoms with E-state index in [0.717, 1.165) is 5.56 Å². The Balaban J connectivity index is 1.63. The number of hydrogen-bond donors (Lipinski definition) is 2. The Labute approximate surface area is 133 Å². The number of nitrogens with one attached hydrogen (secondary N) is 1. The molecule has 23 heavy (non-hydrogen) atoms. The highest BCUT2D eigenvalue weighted by atomic mass is 16.5.